The second kappa shape index (κ2) is 7.73. The Labute approximate surface area is 96.5 Å². The smallest absolute Gasteiger partial charge is 0.0232 e. The van der Waals surface area contributed by atoms with Gasteiger partial charge in [-0.3, -0.25) is 0 Å². The van der Waals surface area contributed by atoms with E-state index < -0.39 is 0 Å². The van der Waals surface area contributed by atoms with Gasteiger partial charge in [-0.15, -0.1) is 0 Å². The summed E-state index contributed by atoms with van der Waals surface area (Å²) in [6.07, 6.45) is 8.37. The van der Waals surface area contributed by atoms with Gasteiger partial charge >= 0.3 is 0 Å². The van der Waals surface area contributed by atoms with Crippen molar-refractivity contribution in [2.75, 3.05) is 0 Å². The fourth-order valence-corrected chi connectivity index (χ4v) is 1.78. The van der Waals surface area contributed by atoms with E-state index in [-0.39, 0.29) is 0 Å². The first kappa shape index (κ1) is 14.5. The van der Waals surface area contributed by atoms with Crippen LogP contribution in [-0.4, -0.2) is 0 Å². The topological polar surface area (TPSA) is 0 Å². The molecule has 0 saturated carbocycles. The molecule has 0 fully saturated rings. The lowest BCUT2D eigenvalue weighted by molar-refractivity contribution is 0.578. The number of hydrogen-bond acceptors (Lipinski definition) is 0. The van der Waals surface area contributed by atoms with Crippen LogP contribution in [0, 0.1) is 11.8 Å². The third-order valence-electron chi connectivity index (χ3n) is 3.31. The molecule has 0 saturated heterocycles. The van der Waals surface area contributed by atoms with Crippen LogP contribution in [0.1, 0.15) is 60.8 Å². The van der Waals surface area contributed by atoms with Crippen molar-refractivity contribution in [2.45, 2.75) is 60.8 Å². The highest BCUT2D eigenvalue weighted by molar-refractivity contribution is 5.07. The summed E-state index contributed by atoms with van der Waals surface area (Å²) in [4.78, 5) is 0. The molecule has 1 unspecified atom stereocenters. The summed E-state index contributed by atoms with van der Waals surface area (Å²) in [7, 11) is 0. The molecule has 88 valence electrons. The molecule has 0 bridgehead atoms. The maximum Gasteiger partial charge on any atom is -0.0232 e. The van der Waals surface area contributed by atoms with Gasteiger partial charge < -0.3 is 0 Å². The van der Waals surface area contributed by atoms with Crippen molar-refractivity contribution < 1.29 is 0 Å². The van der Waals surface area contributed by atoms with E-state index in [1.165, 1.54) is 24.8 Å². The molecular weight excluding hydrogens is 180 g/mol. The second-order valence-corrected chi connectivity index (χ2v) is 4.81. The average Bonchev–Trinajstić information content (AvgIpc) is 2.21. The van der Waals surface area contributed by atoms with Crippen molar-refractivity contribution in [3.63, 3.8) is 0 Å². The standard InChI is InChI=1S/C15H28/c1-7-9-15(12(3)4)11-10-14(6)13(5)8-2/h8-9,12,14H,7,10-11H2,1-6H3. The van der Waals surface area contributed by atoms with Crippen LogP contribution in [0.2, 0.25) is 0 Å². The van der Waals surface area contributed by atoms with E-state index in [2.05, 4.69) is 53.7 Å². The van der Waals surface area contributed by atoms with Crippen molar-refractivity contribution in [2.24, 2.45) is 11.8 Å². The predicted molar refractivity (Wildman–Crippen MR) is 71.0 cm³/mol. The average molecular weight is 208 g/mol. The Balaban J connectivity index is 4.17. The molecule has 0 aliphatic heterocycles. The van der Waals surface area contributed by atoms with Gasteiger partial charge in [0.15, 0.2) is 0 Å². The minimum Gasteiger partial charge on any atom is -0.0885 e. The van der Waals surface area contributed by atoms with E-state index in [0.29, 0.717) is 5.92 Å². The first-order chi connectivity index (χ1) is 7.02. The molecule has 0 aromatic heterocycles. The summed E-state index contributed by atoms with van der Waals surface area (Å²) in [5.74, 6) is 1.44. The van der Waals surface area contributed by atoms with Crippen LogP contribution in [0.3, 0.4) is 0 Å². The van der Waals surface area contributed by atoms with Gasteiger partial charge in [0.05, 0.1) is 0 Å². The van der Waals surface area contributed by atoms with Crippen molar-refractivity contribution in [3.05, 3.63) is 23.3 Å². The van der Waals surface area contributed by atoms with Gasteiger partial charge in [0.2, 0.25) is 0 Å². The lowest BCUT2D eigenvalue weighted by Crippen LogP contribution is -2.01. The molecular formula is C15H28. The molecule has 0 rings (SSSR count). The zero-order valence-electron chi connectivity index (χ0n) is 11.4. The summed E-state index contributed by atoms with van der Waals surface area (Å²) in [6.45, 7) is 13.5. The van der Waals surface area contributed by atoms with E-state index in [4.69, 9.17) is 0 Å². The quantitative estimate of drug-likeness (QED) is 0.515. The molecule has 0 aliphatic carbocycles. The number of allylic oxidation sites excluding steroid dienone is 4. The zero-order valence-corrected chi connectivity index (χ0v) is 11.4. The predicted octanol–water partition coefficient (Wildman–Crippen LogP) is 5.36. The molecule has 0 aromatic rings. The zero-order chi connectivity index (χ0) is 11.8. The minimum atomic E-state index is 0.711. The first-order valence-electron chi connectivity index (χ1n) is 6.34. The summed E-state index contributed by atoms with van der Waals surface area (Å²) in [5, 5.41) is 0. The van der Waals surface area contributed by atoms with Crippen molar-refractivity contribution in [3.8, 4) is 0 Å². The third-order valence-corrected chi connectivity index (χ3v) is 3.31. The molecule has 0 heteroatoms. The fourth-order valence-electron chi connectivity index (χ4n) is 1.78. The molecule has 0 amide bonds. The van der Waals surface area contributed by atoms with Crippen LogP contribution in [0.15, 0.2) is 23.3 Å². The molecule has 0 aliphatic rings. The maximum atomic E-state index is 2.41. The van der Waals surface area contributed by atoms with Gasteiger partial charge in [-0.1, -0.05) is 51.0 Å². The minimum absolute atomic E-state index is 0.711. The first-order valence-corrected chi connectivity index (χ1v) is 6.34. The number of rotatable bonds is 6. The molecule has 15 heavy (non-hydrogen) atoms. The van der Waals surface area contributed by atoms with E-state index in [1.54, 1.807) is 5.57 Å². The van der Waals surface area contributed by atoms with E-state index >= 15 is 0 Å². The summed E-state index contributed by atoms with van der Waals surface area (Å²) >= 11 is 0. The van der Waals surface area contributed by atoms with Gasteiger partial charge in [-0.05, 0) is 44.9 Å². The van der Waals surface area contributed by atoms with Crippen LogP contribution in [0.25, 0.3) is 0 Å². The maximum absolute atomic E-state index is 2.41. The molecule has 0 aromatic carbocycles. The third kappa shape index (κ3) is 5.81. The molecule has 0 heterocycles. The monoisotopic (exact) mass is 208 g/mol. The Hall–Kier alpha value is -0.520. The Morgan fingerprint density at radius 2 is 1.80 bits per heavy atom. The van der Waals surface area contributed by atoms with E-state index in [9.17, 15) is 0 Å². The number of hydrogen-bond donors (Lipinski definition) is 0. The molecule has 0 spiro atoms. The molecule has 0 radical (unpaired) electrons. The van der Waals surface area contributed by atoms with Crippen molar-refractivity contribution >= 4 is 0 Å². The Morgan fingerprint density at radius 1 is 1.20 bits per heavy atom. The summed E-state index contributed by atoms with van der Waals surface area (Å²) < 4.78 is 0. The highest BCUT2D eigenvalue weighted by Crippen LogP contribution is 2.23. The van der Waals surface area contributed by atoms with Gasteiger partial charge in [0.1, 0.15) is 0 Å². The van der Waals surface area contributed by atoms with Crippen molar-refractivity contribution in [1.82, 2.24) is 0 Å². The normalized spacial score (nSPS) is 15.9. The Morgan fingerprint density at radius 3 is 2.20 bits per heavy atom. The van der Waals surface area contributed by atoms with Crippen LogP contribution in [-0.2, 0) is 0 Å². The Kier molecular flexibility index (Phi) is 7.46. The van der Waals surface area contributed by atoms with Crippen LogP contribution >= 0.6 is 0 Å². The summed E-state index contributed by atoms with van der Waals surface area (Å²) in [5.41, 5.74) is 3.16. The highest BCUT2D eigenvalue weighted by Gasteiger charge is 2.07. The van der Waals surface area contributed by atoms with Gasteiger partial charge in [0.25, 0.3) is 0 Å². The van der Waals surface area contributed by atoms with E-state index in [1.807, 2.05) is 0 Å². The van der Waals surface area contributed by atoms with Gasteiger partial charge in [-0.25, -0.2) is 0 Å². The largest absolute Gasteiger partial charge is 0.0885 e. The molecule has 1 atom stereocenters. The van der Waals surface area contributed by atoms with Crippen molar-refractivity contribution in [1.29, 1.82) is 0 Å². The highest BCUT2D eigenvalue weighted by atomic mass is 14.1. The van der Waals surface area contributed by atoms with Crippen LogP contribution < -0.4 is 0 Å². The van der Waals surface area contributed by atoms with E-state index in [0.717, 1.165) is 5.92 Å². The molecule has 0 nitrogen and oxygen atoms in total. The van der Waals surface area contributed by atoms with Gasteiger partial charge in [0, 0.05) is 0 Å². The summed E-state index contributed by atoms with van der Waals surface area (Å²) in [6, 6.07) is 0. The second-order valence-electron chi connectivity index (χ2n) is 4.81. The SMILES string of the molecule is CC=C(C)C(C)CCC(=CCC)C(C)C. The van der Waals surface area contributed by atoms with Crippen LogP contribution in [0.5, 0.6) is 0 Å². The van der Waals surface area contributed by atoms with Gasteiger partial charge in [-0.2, -0.15) is 0 Å². The van der Waals surface area contributed by atoms with Crippen LogP contribution in [0.4, 0.5) is 0 Å². The molecule has 0 N–H and O–H groups in total. The fraction of sp³-hybridized carbons (Fsp3) is 0.733. The lowest BCUT2D eigenvalue weighted by atomic mass is 9.90. The Bertz CT molecular complexity index is 218. The lowest BCUT2D eigenvalue weighted by Gasteiger charge is -2.16.